The maximum absolute atomic E-state index is 12.2. The van der Waals surface area contributed by atoms with Crippen LogP contribution in [0.15, 0.2) is 36.5 Å². The summed E-state index contributed by atoms with van der Waals surface area (Å²) < 4.78 is 7.34. The van der Waals surface area contributed by atoms with E-state index in [0.29, 0.717) is 0 Å². The van der Waals surface area contributed by atoms with Crippen LogP contribution in [0.5, 0.6) is 0 Å². The highest BCUT2D eigenvalue weighted by molar-refractivity contribution is 5.86. The standard InChI is InChI=1S/C18H24N2O4/c1-18(2,3)24-11-9-14(17(22)23)19-16(21)12-20-10-8-13-6-4-5-7-15(13)20/h4-8,10,14H,9,11-12H2,1-3H3,(H,19,21)(H,22,23). The van der Waals surface area contributed by atoms with Gasteiger partial charge in [0, 0.05) is 24.7 Å². The predicted molar refractivity (Wildman–Crippen MR) is 91.8 cm³/mol. The Morgan fingerprint density at radius 2 is 1.96 bits per heavy atom. The van der Waals surface area contributed by atoms with Gasteiger partial charge in [-0.05, 0) is 38.3 Å². The number of carboxylic acid groups (broad SMARTS) is 1. The first kappa shape index (κ1) is 18.0. The summed E-state index contributed by atoms with van der Waals surface area (Å²) in [6, 6.07) is 8.70. The fourth-order valence-electron chi connectivity index (χ4n) is 2.41. The van der Waals surface area contributed by atoms with Gasteiger partial charge in [-0.15, -0.1) is 0 Å². The van der Waals surface area contributed by atoms with Gasteiger partial charge in [-0.25, -0.2) is 4.79 Å². The van der Waals surface area contributed by atoms with Crippen LogP contribution in [0.2, 0.25) is 0 Å². The van der Waals surface area contributed by atoms with Crippen molar-refractivity contribution in [3.8, 4) is 0 Å². The van der Waals surface area contributed by atoms with Crippen LogP contribution in [0.1, 0.15) is 27.2 Å². The number of ether oxygens (including phenoxy) is 1. The van der Waals surface area contributed by atoms with Gasteiger partial charge in [0.1, 0.15) is 12.6 Å². The van der Waals surface area contributed by atoms with Crippen molar-refractivity contribution in [1.82, 2.24) is 9.88 Å². The van der Waals surface area contributed by atoms with Crippen molar-refractivity contribution in [3.05, 3.63) is 36.5 Å². The number of fused-ring (bicyclic) bond motifs is 1. The molecule has 2 rings (SSSR count). The van der Waals surface area contributed by atoms with Crippen molar-refractivity contribution in [2.75, 3.05) is 6.61 Å². The third-order valence-electron chi connectivity index (χ3n) is 3.57. The van der Waals surface area contributed by atoms with Crippen LogP contribution in [0.4, 0.5) is 0 Å². The SMILES string of the molecule is CC(C)(C)OCCC(NC(=O)Cn1ccc2ccccc21)C(=O)O. The Kier molecular flexibility index (Phi) is 5.62. The average molecular weight is 332 g/mol. The van der Waals surface area contributed by atoms with Gasteiger partial charge in [-0.2, -0.15) is 0 Å². The third-order valence-corrected chi connectivity index (χ3v) is 3.57. The molecule has 0 saturated carbocycles. The minimum Gasteiger partial charge on any atom is -0.480 e. The third kappa shape index (κ3) is 5.09. The summed E-state index contributed by atoms with van der Waals surface area (Å²) in [5.74, 6) is -1.39. The van der Waals surface area contributed by atoms with E-state index < -0.39 is 12.0 Å². The highest BCUT2D eigenvalue weighted by Gasteiger charge is 2.21. The van der Waals surface area contributed by atoms with Crippen LogP contribution in [0, 0.1) is 0 Å². The van der Waals surface area contributed by atoms with Gasteiger partial charge in [0.2, 0.25) is 5.91 Å². The smallest absolute Gasteiger partial charge is 0.326 e. The molecule has 0 aliphatic carbocycles. The number of rotatable bonds is 7. The molecule has 1 aromatic heterocycles. The Morgan fingerprint density at radius 1 is 1.25 bits per heavy atom. The number of carbonyl (C=O) groups excluding carboxylic acids is 1. The fraction of sp³-hybridized carbons (Fsp3) is 0.444. The van der Waals surface area contributed by atoms with Crippen molar-refractivity contribution in [3.63, 3.8) is 0 Å². The molecule has 0 spiro atoms. The molecule has 1 amide bonds. The Balaban J connectivity index is 1.94. The summed E-state index contributed by atoms with van der Waals surface area (Å²) in [6.45, 7) is 6.06. The van der Waals surface area contributed by atoms with Gasteiger partial charge >= 0.3 is 5.97 Å². The van der Waals surface area contributed by atoms with E-state index in [1.165, 1.54) is 0 Å². The summed E-state index contributed by atoms with van der Waals surface area (Å²) in [6.07, 6.45) is 2.05. The molecular formula is C18H24N2O4. The van der Waals surface area contributed by atoms with E-state index in [1.807, 2.05) is 57.3 Å². The Bertz CT molecular complexity index is 715. The van der Waals surface area contributed by atoms with Crippen LogP contribution >= 0.6 is 0 Å². The average Bonchev–Trinajstić information content (AvgIpc) is 2.88. The van der Waals surface area contributed by atoms with Crippen molar-refractivity contribution < 1.29 is 19.4 Å². The number of nitrogens with zero attached hydrogens (tertiary/aromatic N) is 1. The van der Waals surface area contributed by atoms with E-state index in [2.05, 4.69) is 5.32 Å². The van der Waals surface area contributed by atoms with Crippen molar-refractivity contribution in [2.45, 2.75) is 45.4 Å². The minimum atomic E-state index is -1.06. The molecule has 2 aromatic rings. The maximum atomic E-state index is 12.2. The number of hydrogen-bond acceptors (Lipinski definition) is 3. The first-order valence-corrected chi connectivity index (χ1v) is 7.96. The molecule has 6 nitrogen and oxygen atoms in total. The molecule has 130 valence electrons. The summed E-state index contributed by atoms with van der Waals surface area (Å²) in [7, 11) is 0. The molecule has 1 unspecified atom stereocenters. The van der Waals surface area contributed by atoms with Crippen molar-refractivity contribution in [1.29, 1.82) is 0 Å². The monoisotopic (exact) mass is 332 g/mol. The zero-order valence-corrected chi connectivity index (χ0v) is 14.3. The van der Waals surface area contributed by atoms with Gasteiger partial charge in [0.25, 0.3) is 0 Å². The number of nitrogens with one attached hydrogen (secondary N) is 1. The molecule has 24 heavy (non-hydrogen) atoms. The molecule has 6 heteroatoms. The second-order valence-corrected chi connectivity index (χ2v) is 6.71. The number of para-hydroxylation sites is 1. The van der Waals surface area contributed by atoms with Crippen LogP contribution in [-0.4, -0.2) is 39.8 Å². The minimum absolute atomic E-state index is 0.0808. The van der Waals surface area contributed by atoms with E-state index in [-0.39, 0.29) is 31.1 Å². The van der Waals surface area contributed by atoms with E-state index in [0.717, 1.165) is 10.9 Å². The van der Waals surface area contributed by atoms with Gasteiger partial charge in [-0.3, -0.25) is 4.79 Å². The molecule has 1 heterocycles. The largest absolute Gasteiger partial charge is 0.480 e. The molecule has 0 aliphatic heterocycles. The molecule has 1 aromatic carbocycles. The highest BCUT2D eigenvalue weighted by atomic mass is 16.5. The number of hydrogen-bond donors (Lipinski definition) is 2. The van der Waals surface area contributed by atoms with Gasteiger partial charge in [0.05, 0.1) is 5.60 Å². The van der Waals surface area contributed by atoms with Crippen LogP contribution in [0.3, 0.4) is 0 Å². The predicted octanol–water partition coefficient (Wildman–Crippen LogP) is 2.42. The molecule has 2 N–H and O–H groups in total. The van der Waals surface area contributed by atoms with Crippen LogP contribution in [0.25, 0.3) is 10.9 Å². The lowest BCUT2D eigenvalue weighted by atomic mass is 10.1. The summed E-state index contributed by atoms with van der Waals surface area (Å²) in [5.41, 5.74) is 0.604. The van der Waals surface area contributed by atoms with Gasteiger partial charge in [-0.1, -0.05) is 18.2 Å². The Morgan fingerprint density at radius 3 is 2.62 bits per heavy atom. The number of amides is 1. The normalized spacial score (nSPS) is 13.0. The molecular weight excluding hydrogens is 308 g/mol. The van der Waals surface area contributed by atoms with Gasteiger partial charge in [0.15, 0.2) is 0 Å². The Hall–Kier alpha value is -2.34. The van der Waals surface area contributed by atoms with Crippen LogP contribution < -0.4 is 5.32 Å². The van der Waals surface area contributed by atoms with Crippen molar-refractivity contribution in [2.24, 2.45) is 0 Å². The first-order valence-electron chi connectivity index (χ1n) is 7.96. The summed E-state index contributed by atoms with van der Waals surface area (Å²) in [4.78, 5) is 23.5. The topological polar surface area (TPSA) is 80.6 Å². The molecule has 1 atom stereocenters. The lowest BCUT2D eigenvalue weighted by Gasteiger charge is -2.21. The molecule has 0 saturated heterocycles. The summed E-state index contributed by atoms with van der Waals surface area (Å²) >= 11 is 0. The number of carbonyl (C=O) groups is 2. The van der Waals surface area contributed by atoms with Gasteiger partial charge < -0.3 is 19.7 Å². The molecule has 0 bridgehead atoms. The number of aliphatic carboxylic acids is 1. The number of aromatic nitrogens is 1. The van der Waals surface area contributed by atoms with Crippen molar-refractivity contribution >= 4 is 22.8 Å². The first-order chi connectivity index (χ1) is 11.3. The lowest BCUT2D eigenvalue weighted by Crippen LogP contribution is -2.43. The van der Waals surface area contributed by atoms with E-state index in [1.54, 1.807) is 4.57 Å². The second-order valence-electron chi connectivity index (χ2n) is 6.71. The zero-order valence-electron chi connectivity index (χ0n) is 14.3. The fourth-order valence-corrected chi connectivity index (χ4v) is 2.41. The lowest BCUT2D eigenvalue weighted by molar-refractivity contribution is -0.142. The van der Waals surface area contributed by atoms with E-state index in [4.69, 9.17) is 4.74 Å². The number of benzene rings is 1. The van der Waals surface area contributed by atoms with E-state index >= 15 is 0 Å². The summed E-state index contributed by atoms with van der Waals surface area (Å²) in [5, 5.41) is 12.9. The second kappa shape index (κ2) is 7.49. The van der Waals surface area contributed by atoms with E-state index in [9.17, 15) is 14.7 Å². The van der Waals surface area contributed by atoms with Crippen LogP contribution in [-0.2, 0) is 20.9 Å². The molecule has 0 aliphatic rings. The quantitative estimate of drug-likeness (QED) is 0.816. The Labute approximate surface area is 141 Å². The molecule has 0 fully saturated rings. The maximum Gasteiger partial charge on any atom is 0.326 e. The highest BCUT2D eigenvalue weighted by Crippen LogP contribution is 2.14. The zero-order chi connectivity index (χ0) is 17.7. The number of carboxylic acids is 1. The molecule has 0 radical (unpaired) electrons.